The summed E-state index contributed by atoms with van der Waals surface area (Å²) in [4.78, 5) is 25.0. The molecule has 1 aromatic heterocycles. The van der Waals surface area contributed by atoms with Gasteiger partial charge in [-0.2, -0.15) is 0 Å². The number of carbonyl (C=O) groups is 2. The summed E-state index contributed by atoms with van der Waals surface area (Å²) in [5.74, 6) is 0.887. The molecule has 0 aliphatic rings. The maximum Gasteiger partial charge on any atom is 0.251 e. The molecule has 0 saturated carbocycles. The molecule has 0 spiro atoms. The fourth-order valence-electron chi connectivity index (χ4n) is 3.45. The quantitative estimate of drug-likeness (QED) is 0.420. The number of nitrogens with one attached hydrogen (secondary N) is 2. The fourth-order valence-corrected chi connectivity index (χ4v) is 4.29. The average molecular weight is 466 g/mol. The number of hydrogen-bond acceptors (Lipinski definition) is 5. The molecule has 0 fully saturated rings. The number of aromatic nitrogens is 3. The van der Waals surface area contributed by atoms with Crippen molar-refractivity contribution in [2.75, 3.05) is 12.3 Å². The van der Waals surface area contributed by atoms with Gasteiger partial charge in [0, 0.05) is 18.7 Å². The molecule has 0 aliphatic carbocycles. The van der Waals surface area contributed by atoms with Crippen LogP contribution in [-0.2, 0) is 17.8 Å². The van der Waals surface area contributed by atoms with Gasteiger partial charge in [-0.25, -0.2) is 0 Å². The minimum atomic E-state index is -0.292. The summed E-state index contributed by atoms with van der Waals surface area (Å²) < 4.78 is 1.97. The van der Waals surface area contributed by atoms with Gasteiger partial charge in [-0.1, -0.05) is 74.1 Å². The standard InChI is InChI=1S/C25H31N5O2S/c1-4-30-23(22(18(2)3)27-24(32)20-13-9-6-10-14-20)28-29-25(30)33-17-21(31)26-16-15-19-11-7-5-8-12-19/h5-14,18,22H,4,15-17H2,1-3H3,(H,26,31)(H,27,32)/t22-/m0/s1. The van der Waals surface area contributed by atoms with E-state index in [1.54, 1.807) is 12.1 Å². The summed E-state index contributed by atoms with van der Waals surface area (Å²) in [6.45, 7) is 7.32. The Labute approximate surface area is 199 Å². The molecule has 2 amide bonds. The Bertz CT molecular complexity index is 1040. The van der Waals surface area contributed by atoms with Crippen LogP contribution in [-0.4, -0.2) is 38.9 Å². The first-order valence-corrected chi connectivity index (χ1v) is 12.2. The minimum absolute atomic E-state index is 0.0408. The molecule has 3 aromatic rings. The van der Waals surface area contributed by atoms with Crippen molar-refractivity contribution in [3.8, 4) is 0 Å². The van der Waals surface area contributed by atoms with E-state index in [-0.39, 0.29) is 29.5 Å². The van der Waals surface area contributed by atoms with Gasteiger partial charge in [0.05, 0.1) is 11.8 Å². The van der Waals surface area contributed by atoms with Gasteiger partial charge < -0.3 is 15.2 Å². The third-order valence-corrected chi connectivity index (χ3v) is 6.21. The van der Waals surface area contributed by atoms with E-state index >= 15 is 0 Å². The second kappa shape index (κ2) is 12.2. The summed E-state index contributed by atoms with van der Waals surface area (Å²) in [7, 11) is 0. The van der Waals surface area contributed by atoms with Crippen LogP contribution in [0.15, 0.2) is 65.8 Å². The van der Waals surface area contributed by atoms with Gasteiger partial charge in [-0.15, -0.1) is 10.2 Å². The van der Waals surface area contributed by atoms with Crippen molar-refractivity contribution < 1.29 is 9.59 Å². The highest BCUT2D eigenvalue weighted by atomic mass is 32.2. The van der Waals surface area contributed by atoms with Crippen molar-refractivity contribution >= 4 is 23.6 Å². The Morgan fingerprint density at radius 1 is 1.00 bits per heavy atom. The van der Waals surface area contributed by atoms with Gasteiger partial charge in [-0.3, -0.25) is 9.59 Å². The van der Waals surface area contributed by atoms with Crippen LogP contribution in [0.3, 0.4) is 0 Å². The van der Waals surface area contributed by atoms with Gasteiger partial charge in [0.2, 0.25) is 5.91 Å². The van der Waals surface area contributed by atoms with Crippen molar-refractivity contribution in [3.05, 3.63) is 77.6 Å². The Kier molecular flexibility index (Phi) is 9.06. The average Bonchev–Trinajstić information content (AvgIpc) is 3.24. The molecule has 0 aliphatic heterocycles. The van der Waals surface area contributed by atoms with E-state index in [9.17, 15) is 9.59 Å². The molecule has 8 heteroatoms. The van der Waals surface area contributed by atoms with Crippen LogP contribution in [0.1, 0.15) is 48.6 Å². The number of hydrogen-bond donors (Lipinski definition) is 2. The molecule has 3 rings (SSSR count). The second-order valence-electron chi connectivity index (χ2n) is 8.02. The summed E-state index contributed by atoms with van der Waals surface area (Å²) in [6.07, 6.45) is 0.795. The van der Waals surface area contributed by atoms with E-state index in [1.165, 1.54) is 17.3 Å². The van der Waals surface area contributed by atoms with Gasteiger partial charge in [0.15, 0.2) is 11.0 Å². The molecule has 1 heterocycles. The molecule has 1 atom stereocenters. The van der Waals surface area contributed by atoms with Gasteiger partial charge >= 0.3 is 0 Å². The third kappa shape index (κ3) is 6.92. The highest BCUT2D eigenvalue weighted by Crippen LogP contribution is 2.25. The van der Waals surface area contributed by atoms with E-state index in [1.807, 2.05) is 73.9 Å². The van der Waals surface area contributed by atoms with Crippen molar-refractivity contribution in [1.29, 1.82) is 0 Å². The third-order valence-electron chi connectivity index (χ3n) is 5.24. The highest BCUT2D eigenvalue weighted by molar-refractivity contribution is 7.99. The molecule has 0 radical (unpaired) electrons. The Morgan fingerprint density at radius 2 is 1.67 bits per heavy atom. The lowest BCUT2D eigenvalue weighted by Gasteiger charge is -2.22. The summed E-state index contributed by atoms with van der Waals surface area (Å²) in [5.41, 5.74) is 1.80. The smallest absolute Gasteiger partial charge is 0.251 e. The van der Waals surface area contributed by atoms with E-state index in [0.717, 1.165) is 6.42 Å². The normalized spacial score (nSPS) is 11.9. The maximum absolute atomic E-state index is 12.7. The SMILES string of the molecule is CCn1c(SCC(=O)NCCc2ccccc2)nnc1[C@@H](NC(=O)c1ccccc1)C(C)C. The van der Waals surface area contributed by atoms with Gasteiger partial charge in [-0.05, 0) is 37.0 Å². The summed E-state index contributed by atoms with van der Waals surface area (Å²) in [5, 5.41) is 15.4. The van der Waals surface area contributed by atoms with Crippen molar-refractivity contribution in [3.63, 3.8) is 0 Å². The van der Waals surface area contributed by atoms with Crippen molar-refractivity contribution in [2.45, 2.75) is 44.9 Å². The molecule has 0 unspecified atom stereocenters. The molecule has 0 bridgehead atoms. The number of amides is 2. The van der Waals surface area contributed by atoms with Crippen LogP contribution in [0.25, 0.3) is 0 Å². The molecule has 2 N–H and O–H groups in total. The lowest BCUT2D eigenvalue weighted by molar-refractivity contribution is -0.118. The zero-order valence-corrected chi connectivity index (χ0v) is 20.1. The Balaban J connectivity index is 1.60. The van der Waals surface area contributed by atoms with Crippen molar-refractivity contribution in [1.82, 2.24) is 25.4 Å². The summed E-state index contributed by atoms with van der Waals surface area (Å²) >= 11 is 1.36. The van der Waals surface area contributed by atoms with Crippen LogP contribution >= 0.6 is 11.8 Å². The molecular weight excluding hydrogens is 434 g/mol. The maximum atomic E-state index is 12.7. The summed E-state index contributed by atoms with van der Waals surface area (Å²) in [6, 6.07) is 18.9. The predicted molar refractivity (Wildman–Crippen MR) is 131 cm³/mol. The first-order chi connectivity index (χ1) is 16.0. The molecule has 33 heavy (non-hydrogen) atoms. The van der Waals surface area contributed by atoms with Crippen LogP contribution in [0.5, 0.6) is 0 Å². The number of benzene rings is 2. The number of thioether (sulfide) groups is 1. The monoisotopic (exact) mass is 465 g/mol. The second-order valence-corrected chi connectivity index (χ2v) is 8.96. The lowest BCUT2D eigenvalue weighted by atomic mass is 10.0. The first-order valence-electron chi connectivity index (χ1n) is 11.2. The van der Waals surface area contributed by atoms with Crippen LogP contribution < -0.4 is 10.6 Å². The minimum Gasteiger partial charge on any atom is -0.355 e. The Morgan fingerprint density at radius 3 is 2.30 bits per heavy atom. The zero-order chi connectivity index (χ0) is 23.6. The number of nitrogens with zero attached hydrogens (tertiary/aromatic N) is 3. The van der Waals surface area contributed by atoms with Gasteiger partial charge in [0.1, 0.15) is 0 Å². The fraction of sp³-hybridized carbons (Fsp3) is 0.360. The topological polar surface area (TPSA) is 88.9 Å². The van der Waals surface area contributed by atoms with E-state index < -0.39 is 0 Å². The van der Waals surface area contributed by atoms with E-state index in [0.29, 0.717) is 29.6 Å². The molecule has 0 saturated heterocycles. The predicted octanol–water partition coefficient (Wildman–Crippen LogP) is 3.88. The van der Waals surface area contributed by atoms with E-state index in [2.05, 4.69) is 20.8 Å². The van der Waals surface area contributed by atoms with Crippen LogP contribution in [0.2, 0.25) is 0 Å². The molecule has 7 nitrogen and oxygen atoms in total. The van der Waals surface area contributed by atoms with Crippen LogP contribution in [0, 0.1) is 5.92 Å². The molecule has 174 valence electrons. The molecular formula is C25H31N5O2S. The van der Waals surface area contributed by atoms with Crippen molar-refractivity contribution in [2.24, 2.45) is 5.92 Å². The Hall–Kier alpha value is -3.13. The number of rotatable bonds is 11. The first kappa shape index (κ1) is 24.5. The highest BCUT2D eigenvalue weighted by Gasteiger charge is 2.26. The van der Waals surface area contributed by atoms with E-state index in [4.69, 9.17) is 0 Å². The van der Waals surface area contributed by atoms with Gasteiger partial charge in [0.25, 0.3) is 5.91 Å². The zero-order valence-electron chi connectivity index (χ0n) is 19.3. The molecule has 2 aromatic carbocycles. The number of carbonyl (C=O) groups excluding carboxylic acids is 2. The largest absolute Gasteiger partial charge is 0.355 e. The van der Waals surface area contributed by atoms with Crippen LogP contribution in [0.4, 0.5) is 0 Å². The lowest BCUT2D eigenvalue weighted by Crippen LogP contribution is -2.33.